The largest absolute Gasteiger partial charge is 0.507 e. The highest BCUT2D eigenvalue weighted by Crippen LogP contribution is 2.23. The second kappa shape index (κ2) is 5.32. The second-order valence-electron chi connectivity index (χ2n) is 4.13. The molecule has 5 nitrogen and oxygen atoms in total. The first-order valence-electron chi connectivity index (χ1n) is 5.83. The maximum Gasteiger partial charge on any atom is 0.259 e. The molecule has 2 rings (SSSR count). The molecule has 0 unspecified atom stereocenters. The summed E-state index contributed by atoms with van der Waals surface area (Å²) in [4.78, 5) is 12.1. The van der Waals surface area contributed by atoms with E-state index in [0.29, 0.717) is 17.1 Å². The van der Waals surface area contributed by atoms with Gasteiger partial charge in [0.25, 0.3) is 5.91 Å². The smallest absolute Gasteiger partial charge is 0.259 e. The van der Waals surface area contributed by atoms with Gasteiger partial charge in [-0.1, -0.05) is 18.5 Å². The third-order valence-electron chi connectivity index (χ3n) is 2.69. The van der Waals surface area contributed by atoms with Crippen LogP contribution < -0.4 is 5.32 Å². The average Bonchev–Trinajstić information content (AvgIpc) is 2.69. The fourth-order valence-corrected chi connectivity index (χ4v) is 1.95. The van der Waals surface area contributed by atoms with E-state index in [1.807, 2.05) is 6.92 Å². The lowest BCUT2D eigenvalue weighted by Gasteiger charge is -2.06. The summed E-state index contributed by atoms with van der Waals surface area (Å²) in [6.45, 7) is 1.96. The highest BCUT2D eigenvalue weighted by Gasteiger charge is 2.14. The maximum absolute atomic E-state index is 12.1. The van der Waals surface area contributed by atoms with Gasteiger partial charge in [-0.15, -0.1) is 0 Å². The molecular weight excluding hydrogens is 266 g/mol. The van der Waals surface area contributed by atoms with E-state index >= 15 is 0 Å². The number of nitrogens with zero attached hydrogens (tertiary/aromatic N) is 2. The van der Waals surface area contributed by atoms with Crippen molar-refractivity contribution < 1.29 is 9.90 Å². The number of amides is 1. The first-order valence-corrected chi connectivity index (χ1v) is 6.21. The van der Waals surface area contributed by atoms with Crippen molar-refractivity contribution in [3.63, 3.8) is 0 Å². The van der Waals surface area contributed by atoms with Crippen molar-refractivity contribution in [1.29, 1.82) is 0 Å². The molecule has 19 heavy (non-hydrogen) atoms. The molecule has 0 aliphatic carbocycles. The monoisotopic (exact) mass is 279 g/mol. The number of aromatic nitrogens is 2. The normalized spacial score (nSPS) is 10.5. The average molecular weight is 280 g/mol. The van der Waals surface area contributed by atoms with Crippen molar-refractivity contribution in [3.05, 3.63) is 40.7 Å². The van der Waals surface area contributed by atoms with Crippen molar-refractivity contribution in [3.8, 4) is 5.75 Å². The van der Waals surface area contributed by atoms with Crippen LogP contribution in [0.2, 0.25) is 5.02 Å². The molecule has 0 atom stereocenters. The number of anilines is 1. The van der Waals surface area contributed by atoms with Crippen LogP contribution in [0.5, 0.6) is 5.75 Å². The molecule has 2 aromatic rings. The number of carbonyl (C=O) groups excluding carboxylic acids is 1. The standard InChI is InChI=1S/C13H14ClN3O2/c1-3-10-11(7-17(2)16-10)15-13(19)9-5-4-8(14)6-12(9)18/h4-7,18H,3H2,1-2H3,(H,15,19). The number of nitrogens with one attached hydrogen (secondary N) is 1. The SMILES string of the molecule is CCc1nn(C)cc1NC(=O)c1ccc(Cl)cc1O. The van der Waals surface area contributed by atoms with Crippen molar-refractivity contribution in [2.24, 2.45) is 7.05 Å². The molecule has 0 saturated carbocycles. The van der Waals surface area contributed by atoms with Gasteiger partial charge < -0.3 is 10.4 Å². The highest BCUT2D eigenvalue weighted by atomic mass is 35.5. The molecule has 0 aliphatic rings. The topological polar surface area (TPSA) is 67.2 Å². The Balaban J connectivity index is 2.25. The lowest BCUT2D eigenvalue weighted by atomic mass is 10.2. The first kappa shape index (κ1) is 13.4. The summed E-state index contributed by atoms with van der Waals surface area (Å²) in [5.74, 6) is -0.538. The van der Waals surface area contributed by atoms with Crippen molar-refractivity contribution in [2.45, 2.75) is 13.3 Å². The van der Waals surface area contributed by atoms with Crippen LogP contribution in [-0.4, -0.2) is 20.8 Å². The molecule has 1 aromatic carbocycles. The van der Waals surface area contributed by atoms with Crippen LogP contribution in [0, 0.1) is 0 Å². The molecule has 0 spiro atoms. The lowest BCUT2D eigenvalue weighted by molar-refractivity contribution is 0.102. The molecule has 0 saturated heterocycles. The minimum absolute atomic E-state index is 0.146. The van der Waals surface area contributed by atoms with E-state index in [1.54, 1.807) is 24.0 Å². The number of rotatable bonds is 3. The number of hydrogen-bond acceptors (Lipinski definition) is 3. The zero-order chi connectivity index (χ0) is 14.0. The summed E-state index contributed by atoms with van der Waals surface area (Å²) in [6, 6.07) is 4.37. The van der Waals surface area contributed by atoms with Gasteiger partial charge in [-0.2, -0.15) is 5.10 Å². The lowest BCUT2D eigenvalue weighted by Crippen LogP contribution is -2.12. The van der Waals surface area contributed by atoms with E-state index in [1.165, 1.54) is 12.1 Å². The van der Waals surface area contributed by atoms with Crippen LogP contribution in [-0.2, 0) is 13.5 Å². The fraction of sp³-hybridized carbons (Fsp3) is 0.231. The Morgan fingerprint density at radius 2 is 2.26 bits per heavy atom. The number of carbonyl (C=O) groups is 1. The molecule has 0 aliphatic heterocycles. The zero-order valence-electron chi connectivity index (χ0n) is 10.6. The van der Waals surface area contributed by atoms with Gasteiger partial charge in [0.15, 0.2) is 0 Å². The first-order chi connectivity index (χ1) is 9.01. The molecule has 0 bridgehead atoms. The molecule has 1 aromatic heterocycles. The number of aromatic hydroxyl groups is 1. The van der Waals surface area contributed by atoms with Crippen LogP contribution in [0.1, 0.15) is 23.0 Å². The van der Waals surface area contributed by atoms with E-state index in [4.69, 9.17) is 11.6 Å². The predicted octanol–water partition coefficient (Wildman–Crippen LogP) is 2.59. The fourth-order valence-electron chi connectivity index (χ4n) is 1.79. The van der Waals surface area contributed by atoms with Gasteiger partial charge in [0.05, 0.1) is 16.9 Å². The van der Waals surface area contributed by atoms with Gasteiger partial charge >= 0.3 is 0 Å². The van der Waals surface area contributed by atoms with Crippen molar-refractivity contribution in [2.75, 3.05) is 5.32 Å². The van der Waals surface area contributed by atoms with E-state index in [2.05, 4.69) is 10.4 Å². The molecule has 2 N–H and O–H groups in total. The van der Waals surface area contributed by atoms with E-state index in [9.17, 15) is 9.90 Å². The van der Waals surface area contributed by atoms with E-state index < -0.39 is 5.91 Å². The Hall–Kier alpha value is -2.01. The molecule has 0 radical (unpaired) electrons. The second-order valence-corrected chi connectivity index (χ2v) is 4.57. The molecule has 1 amide bonds. The Morgan fingerprint density at radius 3 is 2.89 bits per heavy atom. The van der Waals surface area contributed by atoms with Gasteiger partial charge in [0.2, 0.25) is 0 Å². The van der Waals surface area contributed by atoms with Gasteiger partial charge in [-0.3, -0.25) is 9.48 Å². The number of phenolic OH excluding ortho intramolecular Hbond substituents is 1. The van der Waals surface area contributed by atoms with Gasteiger partial charge in [0.1, 0.15) is 5.75 Å². The highest BCUT2D eigenvalue weighted by molar-refractivity contribution is 6.30. The Morgan fingerprint density at radius 1 is 1.53 bits per heavy atom. The molecule has 6 heteroatoms. The van der Waals surface area contributed by atoms with Crippen LogP contribution in [0.4, 0.5) is 5.69 Å². The Labute approximate surface area is 115 Å². The van der Waals surface area contributed by atoms with Crippen LogP contribution >= 0.6 is 11.6 Å². The number of hydrogen-bond donors (Lipinski definition) is 2. The summed E-state index contributed by atoms with van der Waals surface area (Å²) < 4.78 is 1.64. The van der Waals surface area contributed by atoms with Crippen molar-refractivity contribution in [1.82, 2.24) is 9.78 Å². The predicted molar refractivity (Wildman–Crippen MR) is 73.7 cm³/mol. The molecular formula is C13H14ClN3O2. The van der Waals surface area contributed by atoms with Crippen LogP contribution in [0.25, 0.3) is 0 Å². The minimum atomic E-state index is -0.392. The van der Waals surface area contributed by atoms with Crippen LogP contribution in [0.15, 0.2) is 24.4 Å². The molecule has 100 valence electrons. The summed E-state index contributed by atoms with van der Waals surface area (Å²) in [5.41, 5.74) is 1.61. The third-order valence-corrected chi connectivity index (χ3v) is 2.93. The van der Waals surface area contributed by atoms with E-state index in [0.717, 1.165) is 5.69 Å². The number of halogens is 1. The summed E-state index contributed by atoms with van der Waals surface area (Å²) in [5, 5.41) is 17.0. The third kappa shape index (κ3) is 2.88. The number of benzene rings is 1. The number of aryl methyl sites for hydroxylation is 2. The zero-order valence-corrected chi connectivity index (χ0v) is 11.4. The summed E-state index contributed by atoms with van der Waals surface area (Å²) in [7, 11) is 1.79. The van der Waals surface area contributed by atoms with Gasteiger partial charge in [-0.25, -0.2) is 0 Å². The molecule has 0 fully saturated rings. The minimum Gasteiger partial charge on any atom is -0.507 e. The van der Waals surface area contributed by atoms with Gasteiger partial charge in [0, 0.05) is 18.3 Å². The van der Waals surface area contributed by atoms with Crippen LogP contribution in [0.3, 0.4) is 0 Å². The number of phenols is 1. The maximum atomic E-state index is 12.1. The summed E-state index contributed by atoms with van der Waals surface area (Å²) >= 11 is 5.73. The van der Waals surface area contributed by atoms with E-state index in [-0.39, 0.29) is 11.3 Å². The summed E-state index contributed by atoms with van der Waals surface area (Å²) in [6.07, 6.45) is 2.44. The Kier molecular flexibility index (Phi) is 3.76. The molecule has 1 heterocycles. The van der Waals surface area contributed by atoms with Gasteiger partial charge in [-0.05, 0) is 24.6 Å². The quantitative estimate of drug-likeness (QED) is 0.907. The Bertz CT molecular complexity index is 622. The van der Waals surface area contributed by atoms with Crippen molar-refractivity contribution >= 4 is 23.2 Å².